The van der Waals surface area contributed by atoms with E-state index in [-0.39, 0.29) is 11.5 Å². The van der Waals surface area contributed by atoms with Crippen LogP contribution in [-0.2, 0) is 7.05 Å². The molecule has 0 bridgehead atoms. The lowest BCUT2D eigenvalue weighted by Gasteiger charge is -2.20. The maximum atomic E-state index is 13.0. The van der Waals surface area contributed by atoms with Crippen LogP contribution < -0.4 is 5.32 Å². The number of alkyl halides is 3. The maximum Gasteiger partial charge on any atom is 0.414 e. The highest BCUT2D eigenvalue weighted by Gasteiger charge is 2.43. The van der Waals surface area contributed by atoms with Crippen LogP contribution >= 0.6 is 0 Å². The number of nitrogens with one attached hydrogen (secondary N) is 1. The largest absolute Gasteiger partial charge is 0.414 e. The van der Waals surface area contributed by atoms with Crippen LogP contribution in [0.1, 0.15) is 22.4 Å². The zero-order valence-electron chi connectivity index (χ0n) is 10.4. The molecule has 106 valence electrons. The second kappa shape index (κ2) is 5.32. The van der Waals surface area contributed by atoms with Gasteiger partial charge in [0.15, 0.2) is 11.9 Å². The number of halogens is 3. The lowest BCUT2D eigenvalue weighted by Crippen LogP contribution is -2.39. The Kier molecular flexibility index (Phi) is 3.73. The number of hydrogen-bond acceptors (Lipinski definition) is 3. The summed E-state index contributed by atoms with van der Waals surface area (Å²) in [5.41, 5.74) is -0.275. The van der Waals surface area contributed by atoms with Gasteiger partial charge < -0.3 is 9.88 Å². The number of rotatable bonds is 3. The second-order valence-electron chi connectivity index (χ2n) is 4.06. The predicted octanol–water partition coefficient (Wildman–Crippen LogP) is 1.85. The molecule has 2 rings (SSSR count). The Morgan fingerprint density at radius 1 is 1.30 bits per heavy atom. The smallest absolute Gasteiger partial charge is 0.333 e. The molecular weight excluding hydrogens is 273 g/mol. The van der Waals surface area contributed by atoms with Crippen molar-refractivity contribution in [2.45, 2.75) is 12.2 Å². The minimum Gasteiger partial charge on any atom is -0.333 e. The Labute approximate surface area is 112 Å². The molecule has 2 aromatic rings. The van der Waals surface area contributed by atoms with Crippen LogP contribution in [-0.4, -0.2) is 26.6 Å². The summed E-state index contributed by atoms with van der Waals surface area (Å²) in [6, 6.07) is 1.95. The molecule has 0 saturated carbocycles. The summed E-state index contributed by atoms with van der Waals surface area (Å²) >= 11 is 0. The lowest BCUT2D eigenvalue weighted by atomic mass is 10.1. The first-order chi connectivity index (χ1) is 9.39. The first kappa shape index (κ1) is 14.0. The topological polar surface area (TPSA) is 59.8 Å². The Balaban J connectivity index is 2.26. The van der Waals surface area contributed by atoms with Crippen molar-refractivity contribution < 1.29 is 18.0 Å². The Morgan fingerprint density at radius 3 is 2.55 bits per heavy atom. The SMILES string of the molecule is Cn1ccnc1C(=O)NC(c1ccccn1)C(F)(F)F. The van der Waals surface area contributed by atoms with Gasteiger partial charge in [0.25, 0.3) is 5.91 Å². The minimum absolute atomic E-state index is 0.102. The number of nitrogens with zero attached hydrogens (tertiary/aromatic N) is 3. The van der Waals surface area contributed by atoms with Gasteiger partial charge in [-0.05, 0) is 12.1 Å². The summed E-state index contributed by atoms with van der Waals surface area (Å²) < 4.78 is 40.4. The molecule has 5 nitrogen and oxygen atoms in total. The quantitative estimate of drug-likeness (QED) is 0.935. The van der Waals surface area contributed by atoms with Gasteiger partial charge >= 0.3 is 6.18 Å². The first-order valence-electron chi connectivity index (χ1n) is 5.65. The third-order valence-electron chi connectivity index (χ3n) is 2.61. The van der Waals surface area contributed by atoms with Crippen molar-refractivity contribution in [1.82, 2.24) is 19.9 Å². The van der Waals surface area contributed by atoms with Crippen molar-refractivity contribution in [2.75, 3.05) is 0 Å². The number of pyridine rings is 1. The summed E-state index contributed by atoms with van der Waals surface area (Å²) in [4.78, 5) is 19.2. The van der Waals surface area contributed by atoms with Crippen LogP contribution in [0.25, 0.3) is 0 Å². The molecule has 2 aromatic heterocycles. The van der Waals surface area contributed by atoms with Crippen molar-refractivity contribution in [1.29, 1.82) is 0 Å². The molecular formula is C12H11F3N4O. The predicted molar refractivity (Wildman–Crippen MR) is 63.7 cm³/mol. The number of imidazole rings is 1. The molecule has 0 saturated heterocycles. The van der Waals surface area contributed by atoms with E-state index in [0.717, 1.165) is 0 Å². The molecule has 0 radical (unpaired) electrons. The van der Waals surface area contributed by atoms with Gasteiger partial charge in [-0.2, -0.15) is 13.2 Å². The van der Waals surface area contributed by atoms with Gasteiger partial charge in [0.1, 0.15) is 0 Å². The molecule has 1 unspecified atom stereocenters. The van der Waals surface area contributed by atoms with Gasteiger partial charge in [-0.3, -0.25) is 9.78 Å². The number of carbonyl (C=O) groups is 1. The second-order valence-corrected chi connectivity index (χ2v) is 4.06. The summed E-state index contributed by atoms with van der Waals surface area (Å²) in [6.45, 7) is 0. The van der Waals surface area contributed by atoms with Crippen molar-refractivity contribution in [2.24, 2.45) is 7.05 Å². The summed E-state index contributed by atoms with van der Waals surface area (Å²) in [7, 11) is 1.52. The fourth-order valence-corrected chi connectivity index (χ4v) is 1.65. The van der Waals surface area contributed by atoms with Crippen LogP contribution in [0.15, 0.2) is 36.8 Å². The van der Waals surface area contributed by atoms with Crippen molar-refractivity contribution in [3.63, 3.8) is 0 Å². The molecule has 0 aliphatic carbocycles. The van der Waals surface area contributed by atoms with E-state index >= 15 is 0 Å². The number of amides is 1. The minimum atomic E-state index is -4.64. The molecule has 8 heteroatoms. The third-order valence-corrected chi connectivity index (χ3v) is 2.61. The number of aromatic nitrogens is 3. The lowest BCUT2D eigenvalue weighted by molar-refractivity contribution is -0.156. The van der Waals surface area contributed by atoms with E-state index in [0.29, 0.717) is 0 Å². The van der Waals surface area contributed by atoms with Gasteiger partial charge in [-0.15, -0.1) is 0 Å². The van der Waals surface area contributed by atoms with E-state index < -0.39 is 18.1 Å². The highest BCUT2D eigenvalue weighted by atomic mass is 19.4. The van der Waals surface area contributed by atoms with Crippen molar-refractivity contribution >= 4 is 5.91 Å². The standard InChI is InChI=1S/C12H11F3N4O/c1-19-7-6-17-10(19)11(20)18-9(12(13,14)15)8-4-2-3-5-16-8/h2-7,9H,1H3,(H,18,20). The highest BCUT2D eigenvalue weighted by molar-refractivity contribution is 5.91. The molecule has 1 N–H and O–H groups in total. The molecule has 0 aliphatic rings. The molecule has 0 fully saturated rings. The molecule has 0 spiro atoms. The van der Waals surface area contributed by atoms with Gasteiger partial charge in [0, 0.05) is 25.6 Å². The van der Waals surface area contributed by atoms with E-state index in [1.165, 1.54) is 48.4 Å². The van der Waals surface area contributed by atoms with Crippen LogP contribution in [0.5, 0.6) is 0 Å². The summed E-state index contributed by atoms with van der Waals surface area (Å²) in [5.74, 6) is -1.01. The Bertz CT molecular complexity index is 594. The fraction of sp³-hybridized carbons (Fsp3) is 0.250. The Morgan fingerprint density at radius 2 is 2.05 bits per heavy atom. The summed E-state index contributed by atoms with van der Waals surface area (Å²) in [6.07, 6.45) is -0.604. The van der Waals surface area contributed by atoms with Crippen molar-refractivity contribution in [3.8, 4) is 0 Å². The highest BCUT2D eigenvalue weighted by Crippen LogP contribution is 2.31. The molecule has 2 heterocycles. The van der Waals surface area contributed by atoms with E-state index in [4.69, 9.17) is 0 Å². The van der Waals surface area contributed by atoms with Crippen molar-refractivity contribution in [3.05, 3.63) is 48.3 Å². The molecule has 0 aliphatic heterocycles. The molecule has 1 atom stereocenters. The zero-order valence-corrected chi connectivity index (χ0v) is 10.4. The van der Waals surface area contributed by atoms with E-state index in [1.54, 1.807) is 0 Å². The monoisotopic (exact) mass is 284 g/mol. The zero-order chi connectivity index (χ0) is 14.8. The van der Waals surface area contributed by atoms with E-state index in [1.807, 2.05) is 5.32 Å². The van der Waals surface area contributed by atoms with Crippen LogP contribution in [0.2, 0.25) is 0 Å². The fourth-order valence-electron chi connectivity index (χ4n) is 1.65. The van der Waals surface area contributed by atoms with Crippen LogP contribution in [0.4, 0.5) is 13.2 Å². The summed E-state index contributed by atoms with van der Waals surface area (Å²) in [5, 5.41) is 1.91. The normalized spacial score (nSPS) is 13.0. The number of hydrogen-bond donors (Lipinski definition) is 1. The average molecular weight is 284 g/mol. The van der Waals surface area contributed by atoms with Crippen LogP contribution in [0, 0.1) is 0 Å². The molecule has 20 heavy (non-hydrogen) atoms. The molecule has 1 amide bonds. The third kappa shape index (κ3) is 2.95. The van der Waals surface area contributed by atoms with Gasteiger partial charge in [0.05, 0.1) is 5.69 Å². The van der Waals surface area contributed by atoms with E-state index in [2.05, 4.69) is 9.97 Å². The van der Waals surface area contributed by atoms with Gasteiger partial charge in [-0.25, -0.2) is 4.98 Å². The van der Waals surface area contributed by atoms with E-state index in [9.17, 15) is 18.0 Å². The Hall–Kier alpha value is -2.38. The maximum absolute atomic E-state index is 13.0. The average Bonchev–Trinajstić information content (AvgIpc) is 2.82. The van der Waals surface area contributed by atoms with Gasteiger partial charge in [-0.1, -0.05) is 6.07 Å². The van der Waals surface area contributed by atoms with Gasteiger partial charge in [0.2, 0.25) is 0 Å². The first-order valence-corrected chi connectivity index (χ1v) is 5.65. The van der Waals surface area contributed by atoms with Crippen LogP contribution in [0.3, 0.4) is 0 Å². The number of aryl methyl sites for hydroxylation is 1. The molecule has 0 aromatic carbocycles. The number of carbonyl (C=O) groups excluding carboxylic acids is 1.